The molecule has 0 aliphatic heterocycles. The zero-order valence-corrected chi connectivity index (χ0v) is 27.0. The molecule has 8 heteroatoms. The van der Waals surface area contributed by atoms with Crippen LogP contribution < -0.4 is 11.1 Å². The molecule has 3 aliphatic rings. The van der Waals surface area contributed by atoms with Crippen LogP contribution in [0.4, 0.5) is 0 Å². The number of Topliss-reactive ketones (excluding diaryl/α,β-unsaturated/α-hetero) is 1. The average Bonchev–Trinajstić information content (AvgIpc) is 3.33. The Bertz CT molecular complexity index is 1190. The number of ether oxygens (including phenoxy) is 1. The van der Waals surface area contributed by atoms with E-state index in [0.717, 1.165) is 24.8 Å². The molecule has 0 spiro atoms. The van der Waals surface area contributed by atoms with E-state index >= 15 is 0 Å². The summed E-state index contributed by atoms with van der Waals surface area (Å²) in [6, 6.07) is 8.45. The number of amides is 1. The summed E-state index contributed by atoms with van der Waals surface area (Å²) in [5.41, 5.74) is 5.37. The third-order valence-electron chi connectivity index (χ3n) is 11.3. The number of carbonyl (C=O) groups is 3. The highest BCUT2D eigenvalue weighted by atomic mass is 32.2. The summed E-state index contributed by atoms with van der Waals surface area (Å²) in [6.45, 7) is 16.8. The molecule has 3 fully saturated rings. The van der Waals surface area contributed by atoms with Crippen LogP contribution in [0.1, 0.15) is 85.3 Å². The van der Waals surface area contributed by atoms with Crippen LogP contribution in [0.5, 0.6) is 0 Å². The van der Waals surface area contributed by atoms with Crippen molar-refractivity contribution in [2.45, 2.75) is 96.6 Å². The SMILES string of the molecule is C=C[C@]1(C)C[C@@H](OC(=O)CSC(C)(C)CNC(=O)[C@@H](N)c2ccccc2)[C@]2(C)[C@H](C)CC[C@]3(CCC(=O)[C@H]32)[C@@H](C)[C@@H]1O. The van der Waals surface area contributed by atoms with Gasteiger partial charge in [-0.25, -0.2) is 0 Å². The second kappa shape index (κ2) is 12.1. The molecule has 42 heavy (non-hydrogen) atoms. The second-order valence-corrected chi connectivity index (χ2v) is 15.9. The van der Waals surface area contributed by atoms with Crippen molar-refractivity contribution in [1.82, 2.24) is 5.32 Å². The minimum absolute atomic E-state index is 0.0676. The maximum Gasteiger partial charge on any atom is 0.316 e. The quantitative estimate of drug-likeness (QED) is 0.263. The van der Waals surface area contributed by atoms with Gasteiger partial charge in [-0.1, -0.05) is 64.1 Å². The Labute approximate surface area is 255 Å². The first-order valence-electron chi connectivity index (χ1n) is 15.4. The van der Waals surface area contributed by atoms with Crippen molar-refractivity contribution in [2.24, 2.45) is 39.7 Å². The number of benzene rings is 1. The number of aliphatic hydroxyl groups excluding tert-OH is 1. The molecule has 0 saturated heterocycles. The predicted molar refractivity (Wildman–Crippen MR) is 168 cm³/mol. The van der Waals surface area contributed by atoms with Gasteiger partial charge in [0.2, 0.25) is 5.91 Å². The van der Waals surface area contributed by atoms with E-state index in [2.05, 4.69) is 32.7 Å². The van der Waals surface area contributed by atoms with Gasteiger partial charge in [-0.05, 0) is 62.3 Å². The molecule has 1 aromatic rings. The van der Waals surface area contributed by atoms with E-state index in [0.29, 0.717) is 19.4 Å². The molecular weight excluding hydrogens is 548 g/mol. The van der Waals surface area contributed by atoms with Crippen molar-refractivity contribution in [2.75, 3.05) is 12.3 Å². The third kappa shape index (κ3) is 5.83. The molecule has 4 rings (SSSR count). The first-order chi connectivity index (χ1) is 19.6. The number of esters is 1. The summed E-state index contributed by atoms with van der Waals surface area (Å²) in [4.78, 5) is 39.8. The van der Waals surface area contributed by atoms with Crippen LogP contribution in [-0.4, -0.2) is 52.0 Å². The largest absolute Gasteiger partial charge is 0.461 e. The fourth-order valence-corrected chi connectivity index (χ4v) is 8.97. The molecule has 3 aliphatic carbocycles. The van der Waals surface area contributed by atoms with Crippen LogP contribution in [0.3, 0.4) is 0 Å². The summed E-state index contributed by atoms with van der Waals surface area (Å²) < 4.78 is 5.91. The Morgan fingerprint density at radius 2 is 1.90 bits per heavy atom. The van der Waals surface area contributed by atoms with Crippen molar-refractivity contribution >= 4 is 29.4 Å². The molecule has 3 saturated carbocycles. The Balaban J connectivity index is 1.48. The van der Waals surface area contributed by atoms with Crippen LogP contribution in [0, 0.1) is 34.0 Å². The van der Waals surface area contributed by atoms with Gasteiger partial charge in [0, 0.05) is 34.5 Å². The van der Waals surface area contributed by atoms with Gasteiger partial charge >= 0.3 is 5.97 Å². The first kappa shape index (κ1) is 32.7. The smallest absolute Gasteiger partial charge is 0.316 e. The van der Waals surface area contributed by atoms with E-state index in [4.69, 9.17) is 10.5 Å². The summed E-state index contributed by atoms with van der Waals surface area (Å²) in [5, 5.41) is 14.6. The molecule has 4 N–H and O–H groups in total. The Morgan fingerprint density at radius 1 is 1.24 bits per heavy atom. The average molecular weight is 599 g/mol. The van der Waals surface area contributed by atoms with Crippen molar-refractivity contribution in [1.29, 1.82) is 0 Å². The highest BCUT2D eigenvalue weighted by Crippen LogP contribution is 2.68. The van der Waals surface area contributed by atoms with E-state index in [-0.39, 0.29) is 46.6 Å². The lowest BCUT2D eigenvalue weighted by Gasteiger charge is -2.61. The van der Waals surface area contributed by atoms with Crippen LogP contribution >= 0.6 is 11.8 Å². The monoisotopic (exact) mass is 598 g/mol. The van der Waals surface area contributed by atoms with E-state index in [1.54, 1.807) is 0 Å². The van der Waals surface area contributed by atoms with Crippen LogP contribution in [0.2, 0.25) is 0 Å². The maximum absolute atomic E-state index is 13.6. The molecule has 9 atom stereocenters. The lowest BCUT2D eigenvalue weighted by atomic mass is 9.44. The number of thioether (sulfide) groups is 1. The van der Waals surface area contributed by atoms with Crippen molar-refractivity contribution in [3.8, 4) is 0 Å². The normalized spacial score (nSPS) is 37.1. The van der Waals surface area contributed by atoms with E-state index in [1.165, 1.54) is 11.8 Å². The molecule has 1 aromatic carbocycles. The van der Waals surface area contributed by atoms with Gasteiger partial charge in [0.1, 0.15) is 17.9 Å². The lowest BCUT2D eigenvalue weighted by molar-refractivity contribution is -0.205. The van der Waals surface area contributed by atoms with Crippen molar-refractivity contribution in [3.05, 3.63) is 48.6 Å². The molecular formula is C34H50N2O5S. The van der Waals surface area contributed by atoms with Crippen LogP contribution in [-0.2, 0) is 19.1 Å². The van der Waals surface area contributed by atoms with Gasteiger partial charge < -0.3 is 20.9 Å². The molecule has 0 heterocycles. The minimum atomic E-state index is -0.767. The number of ketones is 1. The molecule has 232 valence electrons. The molecule has 1 amide bonds. The van der Waals surface area contributed by atoms with Gasteiger partial charge in [0.15, 0.2) is 0 Å². The van der Waals surface area contributed by atoms with Gasteiger partial charge in [0.25, 0.3) is 0 Å². The molecule has 0 aromatic heterocycles. The van der Waals surface area contributed by atoms with Crippen molar-refractivity contribution in [3.63, 3.8) is 0 Å². The Kier molecular flexibility index (Phi) is 9.42. The summed E-state index contributed by atoms with van der Waals surface area (Å²) in [6.07, 6.45) is 4.11. The Morgan fingerprint density at radius 3 is 2.55 bits per heavy atom. The van der Waals surface area contributed by atoms with Gasteiger partial charge in [-0.3, -0.25) is 14.4 Å². The maximum atomic E-state index is 13.6. The fraction of sp³-hybridized carbons (Fsp3) is 0.676. The summed E-state index contributed by atoms with van der Waals surface area (Å²) >= 11 is 1.42. The fourth-order valence-electron chi connectivity index (χ4n) is 8.22. The molecule has 2 bridgehead atoms. The van der Waals surface area contributed by atoms with Gasteiger partial charge in [-0.2, -0.15) is 0 Å². The van der Waals surface area contributed by atoms with E-state index in [1.807, 2.05) is 57.2 Å². The number of nitrogens with two attached hydrogens (primary N) is 1. The topological polar surface area (TPSA) is 119 Å². The number of nitrogens with one attached hydrogen (secondary N) is 1. The number of aliphatic hydroxyl groups is 1. The Hall–Kier alpha value is -2.16. The van der Waals surface area contributed by atoms with Gasteiger partial charge in [-0.15, -0.1) is 18.3 Å². The number of carbonyl (C=O) groups excluding carboxylic acids is 3. The van der Waals surface area contributed by atoms with Gasteiger partial charge in [0.05, 0.1) is 11.9 Å². The zero-order valence-electron chi connectivity index (χ0n) is 26.2. The third-order valence-corrected chi connectivity index (χ3v) is 12.6. The highest BCUT2D eigenvalue weighted by Gasteiger charge is 2.68. The predicted octanol–water partition coefficient (Wildman–Crippen LogP) is 5.22. The van der Waals surface area contributed by atoms with Crippen molar-refractivity contribution < 1.29 is 24.2 Å². The zero-order chi connectivity index (χ0) is 31.1. The number of rotatable bonds is 9. The standard InChI is InChI=1S/C34H50N2O5S/c1-8-32(6)18-25(33(7)21(2)14-16-34(22(3)29(32)39)17-15-24(37)28(33)34)41-26(38)19-42-31(4,5)20-36-30(40)27(35)23-12-10-9-11-13-23/h8-13,21-22,25,27-29,39H,1,14-20,35H2,2-7H3,(H,36,40)/t21-,22+,25-,27+,28+,29+,32-,33+,34+/m1/s1. The van der Waals surface area contributed by atoms with Crippen LogP contribution in [0.15, 0.2) is 43.0 Å². The molecule has 0 unspecified atom stereocenters. The first-order valence-corrected chi connectivity index (χ1v) is 16.4. The molecule has 7 nitrogen and oxygen atoms in total. The summed E-state index contributed by atoms with van der Waals surface area (Å²) in [7, 11) is 0. The highest BCUT2D eigenvalue weighted by molar-refractivity contribution is 8.01. The van der Waals surface area contributed by atoms with E-state index < -0.39 is 33.8 Å². The van der Waals surface area contributed by atoms with Crippen LogP contribution in [0.25, 0.3) is 0 Å². The second-order valence-electron chi connectivity index (χ2n) is 14.2. The number of hydrogen-bond acceptors (Lipinski definition) is 7. The number of hydrogen-bond donors (Lipinski definition) is 3. The van der Waals surface area contributed by atoms with E-state index in [9.17, 15) is 19.5 Å². The summed E-state index contributed by atoms with van der Waals surface area (Å²) in [5.74, 6) is -0.420. The lowest BCUT2D eigenvalue weighted by Crippen LogP contribution is -2.63. The molecule has 0 radical (unpaired) electrons. The minimum Gasteiger partial charge on any atom is -0.461 e.